The van der Waals surface area contributed by atoms with Gasteiger partial charge in [0.1, 0.15) is 0 Å². The maximum atomic E-state index is 11.7. The molecule has 0 aromatic heterocycles. The van der Waals surface area contributed by atoms with Crippen molar-refractivity contribution in [3.63, 3.8) is 0 Å². The Labute approximate surface area is 151 Å². The number of aliphatic hydroxyl groups is 1. The number of thioether (sulfide) groups is 1. The number of nitrogens with zero attached hydrogens (tertiary/aromatic N) is 2. The molecule has 0 amide bonds. The molecule has 3 nitrogen and oxygen atoms in total. The third kappa shape index (κ3) is 2.73. The van der Waals surface area contributed by atoms with E-state index in [0.717, 1.165) is 36.7 Å². The Morgan fingerprint density at radius 3 is 2.83 bits per heavy atom. The molecular formula is C19H19ClN2OS. The Hall–Kier alpha value is -1.49. The van der Waals surface area contributed by atoms with E-state index in [9.17, 15) is 5.11 Å². The molecule has 0 aliphatic carbocycles. The Morgan fingerprint density at radius 2 is 2.04 bits per heavy atom. The van der Waals surface area contributed by atoms with Crippen LogP contribution in [0.3, 0.4) is 0 Å². The first-order valence-corrected chi connectivity index (χ1v) is 9.45. The summed E-state index contributed by atoms with van der Waals surface area (Å²) in [6, 6.07) is 18.0. The molecule has 0 unspecified atom stereocenters. The second-order valence-electron chi connectivity index (χ2n) is 6.18. The molecule has 0 radical (unpaired) electrons. The number of halogens is 1. The number of hydrogen-bond acceptors (Lipinski definition) is 4. The van der Waals surface area contributed by atoms with E-state index in [2.05, 4.69) is 29.3 Å². The van der Waals surface area contributed by atoms with Gasteiger partial charge in [0.2, 0.25) is 0 Å². The molecule has 1 N–H and O–H groups in total. The summed E-state index contributed by atoms with van der Waals surface area (Å²) in [6.45, 7) is 1.50. The zero-order valence-corrected chi connectivity index (χ0v) is 14.8. The van der Waals surface area contributed by atoms with Gasteiger partial charge in [-0.2, -0.15) is 0 Å². The number of fused-ring (bicyclic) bond motifs is 1. The van der Waals surface area contributed by atoms with Crippen LogP contribution in [0.25, 0.3) is 0 Å². The van der Waals surface area contributed by atoms with Gasteiger partial charge in [0.15, 0.2) is 10.9 Å². The highest BCUT2D eigenvalue weighted by molar-refractivity contribution is 8.14. The Balaban J connectivity index is 1.64. The van der Waals surface area contributed by atoms with Crippen LogP contribution in [0.5, 0.6) is 0 Å². The van der Waals surface area contributed by atoms with Crippen molar-refractivity contribution < 1.29 is 5.11 Å². The maximum Gasteiger partial charge on any atom is 0.178 e. The largest absolute Gasteiger partial charge is 0.366 e. The molecule has 5 heteroatoms. The van der Waals surface area contributed by atoms with Crippen molar-refractivity contribution >= 4 is 28.5 Å². The minimum Gasteiger partial charge on any atom is -0.366 e. The summed E-state index contributed by atoms with van der Waals surface area (Å²) in [5.74, 6) is 0. The molecule has 4 rings (SSSR count). The molecule has 1 saturated heterocycles. The summed E-state index contributed by atoms with van der Waals surface area (Å²) >= 11 is 7.87. The van der Waals surface area contributed by atoms with E-state index < -0.39 is 5.72 Å². The van der Waals surface area contributed by atoms with Crippen molar-refractivity contribution in [3.05, 3.63) is 70.7 Å². The summed E-state index contributed by atoms with van der Waals surface area (Å²) in [7, 11) is 0. The molecule has 24 heavy (non-hydrogen) atoms. The highest BCUT2D eigenvalue weighted by atomic mass is 35.5. The average molecular weight is 359 g/mol. The van der Waals surface area contributed by atoms with Gasteiger partial charge >= 0.3 is 0 Å². The van der Waals surface area contributed by atoms with E-state index in [1.807, 2.05) is 35.2 Å². The third-order valence-electron chi connectivity index (χ3n) is 4.70. The first kappa shape index (κ1) is 16.0. The number of benzene rings is 2. The fourth-order valence-electron chi connectivity index (χ4n) is 3.49. The van der Waals surface area contributed by atoms with Gasteiger partial charge in [-0.1, -0.05) is 65.8 Å². The molecule has 1 fully saturated rings. The predicted molar refractivity (Wildman–Crippen MR) is 100 cm³/mol. The predicted octanol–water partition coefficient (Wildman–Crippen LogP) is 3.90. The molecule has 2 heterocycles. The number of amidine groups is 1. The minimum atomic E-state index is -1.04. The molecular weight excluding hydrogens is 340 g/mol. The Kier molecular flexibility index (Phi) is 4.29. The average Bonchev–Trinajstić information content (AvgIpc) is 3.16. The van der Waals surface area contributed by atoms with Crippen molar-refractivity contribution in [2.24, 2.45) is 4.99 Å². The maximum absolute atomic E-state index is 11.7. The van der Waals surface area contributed by atoms with E-state index in [4.69, 9.17) is 11.6 Å². The topological polar surface area (TPSA) is 35.8 Å². The van der Waals surface area contributed by atoms with Gasteiger partial charge in [0, 0.05) is 17.1 Å². The monoisotopic (exact) mass is 358 g/mol. The second-order valence-corrected chi connectivity index (χ2v) is 7.79. The normalized spacial score (nSPS) is 25.7. The van der Waals surface area contributed by atoms with Gasteiger partial charge in [0.25, 0.3) is 0 Å². The molecule has 2 atom stereocenters. The zero-order valence-electron chi connectivity index (χ0n) is 13.2. The third-order valence-corrected chi connectivity index (χ3v) is 6.34. The lowest BCUT2D eigenvalue weighted by Crippen LogP contribution is -2.48. The van der Waals surface area contributed by atoms with Gasteiger partial charge in [0.05, 0.1) is 11.8 Å². The summed E-state index contributed by atoms with van der Waals surface area (Å²) in [5, 5.41) is 13.3. The Bertz CT molecular complexity index is 767. The van der Waals surface area contributed by atoms with Crippen LogP contribution >= 0.6 is 23.4 Å². The molecule has 2 aromatic rings. The van der Waals surface area contributed by atoms with Gasteiger partial charge in [-0.05, 0) is 30.5 Å². The molecule has 2 aliphatic heterocycles. The summed E-state index contributed by atoms with van der Waals surface area (Å²) < 4.78 is 0. The molecule has 124 valence electrons. The first-order valence-electron chi connectivity index (χ1n) is 8.19. The van der Waals surface area contributed by atoms with E-state index in [-0.39, 0.29) is 5.25 Å². The van der Waals surface area contributed by atoms with Crippen molar-refractivity contribution in [2.75, 3.05) is 13.1 Å². The van der Waals surface area contributed by atoms with Crippen molar-refractivity contribution in [1.82, 2.24) is 4.90 Å². The standard InChI is InChI=1S/C19H19ClN2OS/c20-16-8-4-7-15(13-16)19(23)17(24-18-21-11-12-22(18)19)10-9-14-5-2-1-3-6-14/h1-8,13,17,23H,9-12H2/t17-,19-/m0/s1. The van der Waals surface area contributed by atoms with Crippen LogP contribution in [0.1, 0.15) is 17.5 Å². The number of aryl methyl sites for hydroxylation is 1. The van der Waals surface area contributed by atoms with Gasteiger partial charge < -0.3 is 10.0 Å². The van der Waals surface area contributed by atoms with Crippen molar-refractivity contribution in [1.29, 1.82) is 0 Å². The SMILES string of the molecule is O[C@@]1(c2cccc(Cl)c2)[C@H](CCc2ccccc2)SC2=NCCN21. The summed E-state index contributed by atoms with van der Waals surface area (Å²) in [4.78, 5) is 6.60. The van der Waals surface area contributed by atoms with E-state index in [1.54, 1.807) is 11.8 Å². The van der Waals surface area contributed by atoms with Crippen molar-refractivity contribution in [3.8, 4) is 0 Å². The van der Waals surface area contributed by atoms with E-state index in [1.165, 1.54) is 5.56 Å². The first-order chi connectivity index (χ1) is 11.7. The fourth-order valence-corrected chi connectivity index (χ4v) is 5.12. The highest BCUT2D eigenvalue weighted by Gasteiger charge is 2.53. The van der Waals surface area contributed by atoms with Crippen LogP contribution in [-0.2, 0) is 12.1 Å². The fraction of sp³-hybridized carbons (Fsp3) is 0.316. The van der Waals surface area contributed by atoms with Crippen LogP contribution < -0.4 is 0 Å². The molecule has 0 spiro atoms. The minimum absolute atomic E-state index is 0.0372. The molecule has 0 saturated carbocycles. The second kappa shape index (κ2) is 6.43. The van der Waals surface area contributed by atoms with Gasteiger partial charge in [-0.25, -0.2) is 0 Å². The number of rotatable bonds is 4. The van der Waals surface area contributed by atoms with E-state index in [0.29, 0.717) is 5.02 Å². The van der Waals surface area contributed by atoms with Gasteiger partial charge in [-0.15, -0.1) is 0 Å². The lowest BCUT2D eigenvalue weighted by molar-refractivity contribution is -0.0671. The smallest absolute Gasteiger partial charge is 0.178 e. The van der Waals surface area contributed by atoms with Gasteiger partial charge in [-0.3, -0.25) is 4.99 Å². The lowest BCUT2D eigenvalue weighted by atomic mass is 9.93. The Morgan fingerprint density at radius 1 is 1.21 bits per heavy atom. The molecule has 0 bridgehead atoms. The summed E-state index contributed by atoms with van der Waals surface area (Å²) in [6.07, 6.45) is 1.82. The van der Waals surface area contributed by atoms with Crippen LogP contribution in [-0.4, -0.2) is 33.5 Å². The highest BCUT2D eigenvalue weighted by Crippen LogP contribution is 2.48. The van der Waals surface area contributed by atoms with E-state index >= 15 is 0 Å². The molecule has 2 aromatic carbocycles. The quantitative estimate of drug-likeness (QED) is 0.900. The lowest BCUT2D eigenvalue weighted by Gasteiger charge is -2.36. The van der Waals surface area contributed by atoms with Crippen LogP contribution in [0.15, 0.2) is 59.6 Å². The number of hydrogen-bond donors (Lipinski definition) is 1. The zero-order chi connectivity index (χ0) is 16.6. The van der Waals surface area contributed by atoms with Crippen LogP contribution in [0.4, 0.5) is 0 Å². The van der Waals surface area contributed by atoms with Crippen LogP contribution in [0, 0.1) is 0 Å². The summed E-state index contributed by atoms with van der Waals surface area (Å²) in [5.41, 5.74) is 1.10. The van der Waals surface area contributed by atoms with Crippen LogP contribution in [0.2, 0.25) is 5.02 Å². The molecule has 2 aliphatic rings. The van der Waals surface area contributed by atoms with Crippen molar-refractivity contribution in [2.45, 2.75) is 23.8 Å². The number of aliphatic imine (C=N–C) groups is 1.